The maximum absolute atomic E-state index is 2.43. The molecule has 0 spiro atoms. The minimum atomic E-state index is 0.0135. The monoisotopic (exact) mass is 143 g/mol. The Balaban J connectivity index is 3.41. The Kier molecular flexibility index (Phi) is 5.16. The van der Waals surface area contributed by atoms with Crippen LogP contribution in [0.3, 0.4) is 0 Å². The van der Waals surface area contributed by atoms with Crippen molar-refractivity contribution in [2.75, 3.05) is 0 Å². The number of rotatable bonds is 4. The molecule has 0 aromatic heterocycles. The second-order valence-electron chi connectivity index (χ2n) is 2.97. The summed E-state index contributed by atoms with van der Waals surface area (Å²) in [6, 6.07) is 0. The Labute approximate surface area is 61.3 Å². The van der Waals surface area contributed by atoms with Crippen LogP contribution in [0.1, 0.15) is 33.1 Å². The predicted octanol–water partition coefficient (Wildman–Crippen LogP) is 3.32. The molecule has 1 atom stereocenters. The van der Waals surface area contributed by atoms with Gasteiger partial charge < -0.3 is 0 Å². The summed E-state index contributed by atoms with van der Waals surface area (Å²) < 4.78 is 0. The van der Waals surface area contributed by atoms with Crippen molar-refractivity contribution in [3.05, 3.63) is 0 Å². The maximum atomic E-state index is 2.43. The van der Waals surface area contributed by atoms with Crippen molar-refractivity contribution >= 4 is 8.80 Å². The van der Waals surface area contributed by atoms with Crippen LogP contribution in [0.25, 0.3) is 0 Å². The molecule has 0 N–H and O–H groups in total. The highest BCUT2D eigenvalue weighted by Gasteiger charge is 2.09. The molecule has 0 aromatic carbocycles. The summed E-state index contributed by atoms with van der Waals surface area (Å²) >= 11 is 0. The fraction of sp³-hybridized carbons (Fsp3) is 1.00. The van der Waals surface area contributed by atoms with Gasteiger partial charge >= 0.3 is 0 Å². The molecule has 0 rings (SSSR count). The molecule has 0 bridgehead atoms. The molecule has 0 aliphatic carbocycles. The molecule has 1 radical (unpaired) electrons. The lowest BCUT2D eigenvalue weighted by atomic mass is 10.2. The zero-order chi connectivity index (χ0) is 7.28. The van der Waals surface area contributed by atoms with Gasteiger partial charge in [-0.3, -0.25) is 0 Å². The van der Waals surface area contributed by atoms with E-state index in [2.05, 4.69) is 26.9 Å². The summed E-state index contributed by atoms with van der Waals surface area (Å²) in [4.78, 5) is 0. The van der Waals surface area contributed by atoms with Crippen molar-refractivity contribution in [3.8, 4) is 0 Å². The lowest BCUT2D eigenvalue weighted by Crippen LogP contribution is -2.10. The van der Waals surface area contributed by atoms with Crippen LogP contribution in [-0.2, 0) is 0 Å². The van der Waals surface area contributed by atoms with Crippen LogP contribution in [0.2, 0.25) is 18.6 Å². The Bertz CT molecular complexity index is 59.6. The molecule has 0 saturated heterocycles. The number of hydrogen-bond donors (Lipinski definition) is 0. The van der Waals surface area contributed by atoms with Crippen molar-refractivity contribution in [1.82, 2.24) is 0 Å². The first-order valence-corrected chi connectivity index (χ1v) is 6.60. The standard InChI is InChI=1S/C8H19Si/c1-5-7-8(6-2)9(3)4/h8H,5-7H2,1-4H3. The van der Waals surface area contributed by atoms with Gasteiger partial charge in [-0.2, -0.15) is 0 Å². The first-order valence-electron chi connectivity index (χ1n) is 4.02. The van der Waals surface area contributed by atoms with E-state index in [1.165, 1.54) is 19.3 Å². The van der Waals surface area contributed by atoms with E-state index in [1.807, 2.05) is 0 Å². The van der Waals surface area contributed by atoms with E-state index in [0.29, 0.717) is 0 Å². The first-order chi connectivity index (χ1) is 4.22. The normalized spacial score (nSPS) is 14.3. The van der Waals surface area contributed by atoms with Gasteiger partial charge in [0, 0.05) is 8.80 Å². The van der Waals surface area contributed by atoms with Crippen LogP contribution < -0.4 is 0 Å². The Morgan fingerprint density at radius 2 is 1.78 bits per heavy atom. The summed E-state index contributed by atoms with van der Waals surface area (Å²) in [5.41, 5.74) is 1.07. The third kappa shape index (κ3) is 3.74. The molecule has 55 valence electrons. The average Bonchev–Trinajstić information content (AvgIpc) is 1.82. The van der Waals surface area contributed by atoms with Crippen LogP contribution in [0.5, 0.6) is 0 Å². The minimum absolute atomic E-state index is 0.0135. The van der Waals surface area contributed by atoms with E-state index < -0.39 is 0 Å². The van der Waals surface area contributed by atoms with Crippen LogP contribution >= 0.6 is 0 Å². The summed E-state index contributed by atoms with van der Waals surface area (Å²) in [5, 5.41) is 0. The molecular formula is C8H19Si. The Morgan fingerprint density at radius 3 is 1.89 bits per heavy atom. The van der Waals surface area contributed by atoms with Crippen LogP contribution in [0.4, 0.5) is 0 Å². The van der Waals surface area contributed by atoms with Crippen molar-refractivity contribution in [3.63, 3.8) is 0 Å². The van der Waals surface area contributed by atoms with Crippen molar-refractivity contribution in [2.24, 2.45) is 0 Å². The molecule has 0 heterocycles. The summed E-state index contributed by atoms with van der Waals surface area (Å²) in [6.07, 6.45) is 4.22. The summed E-state index contributed by atoms with van der Waals surface area (Å²) in [6.45, 7) is 9.45. The Morgan fingerprint density at radius 1 is 1.22 bits per heavy atom. The van der Waals surface area contributed by atoms with Gasteiger partial charge in [-0.25, -0.2) is 0 Å². The largest absolute Gasteiger partial charge is 0.0711 e. The molecule has 0 aliphatic rings. The van der Waals surface area contributed by atoms with E-state index in [0.717, 1.165) is 5.54 Å². The zero-order valence-electron chi connectivity index (χ0n) is 7.20. The van der Waals surface area contributed by atoms with Gasteiger partial charge in [0.25, 0.3) is 0 Å². The summed E-state index contributed by atoms with van der Waals surface area (Å²) in [7, 11) is 0.0135. The minimum Gasteiger partial charge on any atom is -0.0711 e. The molecule has 0 aliphatic heterocycles. The highest BCUT2D eigenvalue weighted by atomic mass is 28.3. The van der Waals surface area contributed by atoms with Crippen LogP contribution in [-0.4, -0.2) is 8.80 Å². The third-order valence-electron chi connectivity index (χ3n) is 1.95. The molecule has 0 saturated carbocycles. The average molecular weight is 143 g/mol. The zero-order valence-corrected chi connectivity index (χ0v) is 8.20. The molecule has 0 amide bonds. The van der Waals surface area contributed by atoms with Crippen molar-refractivity contribution in [2.45, 2.75) is 51.7 Å². The van der Waals surface area contributed by atoms with Gasteiger partial charge in [0.2, 0.25) is 0 Å². The summed E-state index contributed by atoms with van der Waals surface area (Å²) in [5.74, 6) is 0. The fourth-order valence-electron chi connectivity index (χ4n) is 1.25. The van der Waals surface area contributed by atoms with Gasteiger partial charge in [0.1, 0.15) is 0 Å². The van der Waals surface area contributed by atoms with Gasteiger partial charge in [0.05, 0.1) is 0 Å². The predicted molar refractivity (Wildman–Crippen MR) is 46.4 cm³/mol. The topological polar surface area (TPSA) is 0 Å². The van der Waals surface area contributed by atoms with Gasteiger partial charge in [-0.15, -0.1) is 0 Å². The van der Waals surface area contributed by atoms with E-state index in [-0.39, 0.29) is 8.80 Å². The lowest BCUT2D eigenvalue weighted by molar-refractivity contribution is 0.687. The lowest BCUT2D eigenvalue weighted by Gasteiger charge is -2.15. The van der Waals surface area contributed by atoms with Crippen LogP contribution in [0.15, 0.2) is 0 Å². The SMILES string of the molecule is CCCC(CC)[Si](C)C. The van der Waals surface area contributed by atoms with Crippen molar-refractivity contribution in [1.29, 1.82) is 0 Å². The molecule has 0 nitrogen and oxygen atoms in total. The molecule has 1 heteroatoms. The van der Waals surface area contributed by atoms with E-state index in [1.54, 1.807) is 0 Å². The second kappa shape index (κ2) is 5.04. The highest BCUT2D eigenvalue weighted by molar-refractivity contribution is 6.57. The second-order valence-corrected chi connectivity index (χ2v) is 5.94. The van der Waals surface area contributed by atoms with Crippen molar-refractivity contribution < 1.29 is 0 Å². The van der Waals surface area contributed by atoms with E-state index >= 15 is 0 Å². The molecular weight excluding hydrogens is 124 g/mol. The quantitative estimate of drug-likeness (QED) is 0.530. The third-order valence-corrected chi connectivity index (χ3v) is 4.28. The van der Waals surface area contributed by atoms with Gasteiger partial charge in [-0.1, -0.05) is 46.2 Å². The molecule has 1 unspecified atom stereocenters. The van der Waals surface area contributed by atoms with Crippen LogP contribution in [0, 0.1) is 0 Å². The van der Waals surface area contributed by atoms with E-state index in [4.69, 9.17) is 0 Å². The number of hydrogen-bond acceptors (Lipinski definition) is 0. The smallest absolute Gasteiger partial charge is 0.0446 e. The maximum Gasteiger partial charge on any atom is 0.0446 e. The molecule has 0 fully saturated rings. The van der Waals surface area contributed by atoms with E-state index in [9.17, 15) is 0 Å². The molecule has 9 heavy (non-hydrogen) atoms. The van der Waals surface area contributed by atoms with Gasteiger partial charge in [0.15, 0.2) is 0 Å². The highest BCUT2D eigenvalue weighted by Crippen LogP contribution is 2.20. The Hall–Kier alpha value is 0.217. The molecule has 0 aromatic rings. The van der Waals surface area contributed by atoms with Gasteiger partial charge in [-0.05, 0) is 5.54 Å². The first kappa shape index (κ1) is 9.22. The fourth-order valence-corrected chi connectivity index (χ4v) is 2.93.